The Morgan fingerprint density at radius 2 is 1.76 bits per heavy atom. The van der Waals surface area contributed by atoms with Crippen molar-refractivity contribution in [2.45, 2.75) is 26.7 Å². The molecule has 3 aromatic rings. The Labute approximate surface area is 113 Å². The summed E-state index contributed by atoms with van der Waals surface area (Å²) in [7, 11) is 0. The number of rotatable bonds is 3. The van der Waals surface area contributed by atoms with Crippen LogP contribution in [0.15, 0.2) is 18.3 Å². The van der Waals surface area contributed by atoms with E-state index in [1.807, 2.05) is 40.2 Å². The van der Waals surface area contributed by atoms with Gasteiger partial charge in [0, 0.05) is 36.6 Å². The number of hydrogen-bond acceptors (Lipinski definition) is 4. The van der Waals surface area contributed by atoms with Crippen LogP contribution in [0.3, 0.4) is 0 Å². The van der Waals surface area contributed by atoms with Gasteiger partial charge in [0.25, 0.3) is 0 Å². The zero-order valence-corrected chi connectivity index (χ0v) is 12.3. The summed E-state index contributed by atoms with van der Waals surface area (Å²) in [5, 5.41) is 1.26. The maximum absolute atomic E-state index is 4.41. The van der Waals surface area contributed by atoms with E-state index in [-0.39, 0.29) is 0 Å². The first-order valence-corrected chi connectivity index (χ1v) is 8.06. The second-order valence-corrected chi connectivity index (χ2v) is 7.94. The highest BCUT2D eigenvalue weighted by molar-refractivity contribution is 7.27. The van der Waals surface area contributed by atoms with E-state index in [9.17, 15) is 0 Å². The highest BCUT2D eigenvalue weighted by Crippen LogP contribution is 2.33. The van der Waals surface area contributed by atoms with E-state index in [2.05, 4.69) is 31.0 Å². The molecule has 0 amide bonds. The molecule has 0 N–H and O–H groups in total. The molecule has 17 heavy (non-hydrogen) atoms. The highest BCUT2D eigenvalue weighted by atomic mass is 32.1. The molecule has 3 rings (SSSR count). The SMILES string of the molecule is Cc1cnc(CCc2cc3sc(C)cc3s2)s1. The quantitative estimate of drug-likeness (QED) is 0.669. The van der Waals surface area contributed by atoms with Gasteiger partial charge in [-0.2, -0.15) is 0 Å². The van der Waals surface area contributed by atoms with E-state index in [0.29, 0.717) is 0 Å². The molecule has 0 aliphatic carbocycles. The lowest BCUT2D eigenvalue weighted by molar-refractivity contribution is 0.963. The average molecular weight is 279 g/mol. The van der Waals surface area contributed by atoms with Gasteiger partial charge in [0.1, 0.15) is 0 Å². The van der Waals surface area contributed by atoms with Crippen molar-refractivity contribution in [2.75, 3.05) is 0 Å². The standard InChI is InChI=1S/C13H13NS3/c1-8-5-11-12(15-8)6-10(17-11)3-4-13-14-7-9(2)16-13/h5-7H,3-4H2,1-2H3. The number of hydrogen-bond donors (Lipinski definition) is 0. The number of thiophene rings is 2. The van der Waals surface area contributed by atoms with E-state index >= 15 is 0 Å². The smallest absolute Gasteiger partial charge is 0.0931 e. The third kappa shape index (κ3) is 2.44. The molecule has 0 aliphatic heterocycles. The monoisotopic (exact) mass is 279 g/mol. The van der Waals surface area contributed by atoms with Crippen LogP contribution < -0.4 is 0 Å². The number of fused-ring (bicyclic) bond motifs is 1. The predicted octanol–water partition coefficient (Wildman–Crippen LogP) is 4.82. The topological polar surface area (TPSA) is 12.9 Å². The van der Waals surface area contributed by atoms with E-state index in [1.165, 1.54) is 29.0 Å². The van der Waals surface area contributed by atoms with Gasteiger partial charge in [-0.1, -0.05) is 0 Å². The van der Waals surface area contributed by atoms with Crippen LogP contribution in [0.1, 0.15) is 19.6 Å². The summed E-state index contributed by atoms with van der Waals surface area (Å²) >= 11 is 5.64. The lowest BCUT2D eigenvalue weighted by atomic mass is 10.3. The number of thiazole rings is 1. The molecule has 0 aromatic carbocycles. The normalized spacial score (nSPS) is 11.4. The highest BCUT2D eigenvalue weighted by Gasteiger charge is 2.06. The number of nitrogens with zero attached hydrogens (tertiary/aromatic N) is 1. The van der Waals surface area contributed by atoms with E-state index in [0.717, 1.165) is 12.8 Å². The molecule has 0 fully saturated rings. The van der Waals surface area contributed by atoms with Crippen LogP contribution in [-0.4, -0.2) is 4.98 Å². The Kier molecular flexibility index (Phi) is 3.03. The molecule has 0 bridgehead atoms. The molecule has 1 nitrogen and oxygen atoms in total. The van der Waals surface area contributed by atoms with Gasteiger partial charge < -0.3 is 0 Å². The van der Waals surface area contributed by atoms with Gasteiger partial charge in [-0.05, 0) is 32.4 Å². The Bertz CT molecular complexity index is 613. The van der Waals surface area contributed by atoms with Crippen LogP contribution in [0.25, 0.3) is 9.40 Å². The van der Waals surface area contributed by atoms with Crippen molar-refractivity contribution in [3.63, 3.8) is 0 Å². The van der Waals surface area contributed by atoms with Gasteiger partial charge in [-0.25, -0.2) is 4.98 Å². The Hall–Kier alpha value is -0.710. The summed E-state index contributed by atoms with van der Waals surface area (Å²) < 4.78 is 2.88. The molecule has 0 aliphatic rings. The molecule has 88 valence electrons. The zero-order chi connectivity index (χ0) is 11.8. The largest absolute Gasteiger partial charge is 0.249 e. The average Bonchev–Trinajstić information content (AvgIpc) is 2.89. The van der Waals surface area contributed by atoms with E-state index < -0.39 is 0 Å². The fraction of sp³-hybridized carbons (Fsp3) is 0.308. The minimum Gasteiger partial charge on any atom is -0.249 e. The lowest BCUT2D eigenvalue weighted by Crippen LogP contribution is -1.86. The van der Waals surface area contributed by atoms with Crippen LogP contribution in [-0.2, 0) is 12.8 Å². The van der Waals surface area contributed by atoms with Crippen LogP contribution in [0.2, 0.25) is 0 Å². The second kappa shape index (κ2) is 4.52. The van der Waals surface area contributed by atoms with Crippen molar-refractivity contribution in [1.29, 1.82) is 0 Å². The summed E-state index contributed by atoms with van der Waals surface area (Å²) in [6.07, 6.45) is 4.17. The first-order valence-electron chi connectivity index (χ1n) is 5.61. The first-order chi connectivity index (χ1) is 8.20. The van der Waals surface area contributed by atoms with Gasteiger partial charge in [0.15, 0.2) is 0 Å². The second-order valence-electron chi connectivity index (χ2n) is 4.16. The summed E-state index contributed by atoms with van der Waals surface area (Å²) in [6, 6.07) is 4.64. The first kappa shape index (κ1) is 11.4. The van der Waals surface area contributed by atoms with Gasteiger partial charge in [-0.15, -0.1) is 34.0 Å². The third-order valence-corrected chi connectivity index (χ3v) is 5.88. The molecule has 0 saturated heterocycles. The van der Waals surface area contributed by atoms with Crippen molar-refractivity contribution in [3.05, 3.63) is 38.0 Å². The third-order valence-electron chi connectivity index (χ3n) is 2.64. The van der Waals surface area contributed by atoms with E-state index in [4.69, 9.17) is 0 Å². The summed E-state index contributed by atoms with van der Waals surface area (Å²) in [4.78, 5) is 8.62. The Morgan fingerprint density at radius 3 is 2.47 bits per heavy atom. The summed E-state index contributed by atoms with van der Waals surface area (Å²) in [6.45, 7) is 4.29. The fourth-order valence-corrected chi connectivity index (χ4v) is 5.01. The molecular formula is C13H13NS3. The van der Waals surface area contributed by atoms with Crippen molar-refractivity contribution in [2.24, 2.45) is 0 Å². The molecule has 0 radical (unpaired) electrons. The van der Waals surface area contributed by atoms with Gasteiger partial charge in [0.05, 0.1) is 5.01 Å². The number of aromatic nitrogens is 1. The molecule has 4 heteroatoms. The van der Waals surface area contributed by atoms with Crippen LogP contribution in [0.5, 0.6) is 0 Å². The Balaban J connectivity index is 1.74. The van der Waals surface area contributed by atoms with Crippen LogP contribution in [0, 0.1) is 13.8 Å². The molecule has 0 atom stereocenters. The van der Waals surface area contributed by atoms with Gasteiger partial charge >= 0.3 is 0 Å². The maximum atomic E-state index is 4.41. The molecule has 3 aromatic heterocycles. The van der Waals surface area contributed by atoms with Crippen molar-refractivity contribution >= 4 is 43.4 Å². The fourth-order valence-electron chi connectivity index (χ4n) is 1.88. The molecule has 0 unspecified atom stereocenters. The summed E-state index contributed by atoms with van der Waals surface area (Å²) in [5.41, 5.74) is 0. The minimum atomic E-state index is 1.07. The molecule has 3 heterocycles. The van der Waals surface area contributed by atoms with Crippen molar-refractivity contribution < 1.29 is 0 Å². The van der Waals surface area contributed by atoms with Crippen molar-refractivity contribution in [1.82, 2.24) is 4.98 Å². The Morgan fingerprint density at radius 1 is 0.941 bits per heavy atom. The molecule has 0 saturated carbocycles. The molecular weight excluding hydrogens is 266 g/mol. The van der Waals surface area contributed by atoms with Gasteiger partial charge in [0.2, 0.25) is 0 Å². The van der Waals surface area contributed by atoms with Crippen molar-refractivity contribution in [3.8, 4) is 0 Å². The minimum absolute atomic E-state index is 1.07. The van der Waals surface area contributed by atoms with Gasteiger partial charge in [-0.3, -0.25) is 0 Å². The molecule has 0 spiro atoms. The van der Waals surface area contributed by atoms with E-state index in [1.54, 1.807) is 0 Å². The zero-order valence-electron chi connectivity index (χ0n) is 9.82. The summed E-state index contributed by atoms with van der Waals surface area (Å²) in [5.74, 6) is 0. The predicted molar refractivity (Wildman–Crippen MR) is 78.7 cm³/mol. The lowest BCUT2D eigenvalue weighted by Gasteiger charge is -1.93. The maximum Gasteiger partial charge on any atom is 0.0931 e. The number of aryl methyl sites for hydroxylation is 4. The van der Waals surface area contributed by atoms with Crippen LogP contribution in [0.4, 0.5) is 0 Å². The van der Waals surface area contributed by atoms with Crippen LogP contribution >= 0.6 is 34.0 Å².